The second kappa shape index (κ2) is 5.34. The number of nitrogens with one attached hydrogen (secondary N) is 1. The highest BCUT2D eigenvalue weighted by Gasteiger charge is 2.46. The molecule has 1 rings (SSSR count). The molecule has 0 radical (unpaired) electrons. The Kier molecular flexibility index (Phi) is 4.68. The van der Waals surface area contributed by atoms with E-state index in [-0.39, 0.29) is 5.41 Å². The molecule has 1 N–H and O–H groups in total. The van der Waals surface area contributed by atoms with Crippen molar-refractivity contribution in [3.05, 3.63) is 0 Å². The van der Waals surface area contributed by atoms with Crippen LogP contribution in [0.3, 0.4) is 0 Å². The van der Waals surface area contributed by atoms with Crippen LogP contribution in [0, 0.1) is 5.41 Å². The third kappa shape index (κ3) is 2.85. The number of hydrogen-bond acceptors (Lipinski definition) is 2. The van der Waals surface area contributed by atoms with Crippen molar-refractivity contribution < 1.29 is 4.74 Å². The Bertz CT molecular complexity index is 173. The first kappa shape index (κ1) is 12.3. The predicted octanol–water partition coefficient (Wildman–Crippen LogP) is 2.41. The van der Waals surface area contributed by atoms with E-state index in [2.05, 4.69) is 19.2 Å². The summed E-state index contributed by atoms with van der Waals surface area (Å²) in [5.74, 6) is 0. The van der Waals surface area contributed by atoms with Crippen molar-refractivity contribution >= 4 is 11.6 Å². The second-order valence-electron chi connectivity index (χ2n) is 4.58. The molecule has 0 heterocycles. The van der Waals surface area contributed by atoms with Crippen LogP contribution in [-0.2, 0) is 4.74 Å². The third-order valence-corrected chi connectivity index (χ3v) is 3.95. The summed E-state index contributed by atoms with van der Waals surface area (Å²) in [4.78, 5) is 0. The number of hydrogen-bond donors (Lipinski definition) is 1. The molecule has 0 aliphatic heterocycles. The molecular formula is C11H22ClNO. The van der Waals surface area contributed by atoms with Gasteiger partial charge in [-0.05, 0) is 31.7 Å². The van der Waals surface area contributed by atoms with Crippen molar-refractivity contribution in [3.63, 3.8) is 0 Å². The van der Waals surface area contributed by atoms with Crippen LogP contribution in [0.25, 0.3) is 0 Å². The van der Waals surface area contributed by atoms with Crippen molar-refractivity contribution in [3.8, 4) is 0 Å². The molecule has 0 amide bonds. The maximum absolute atomic E-state index is 6.13. The molecule has 14 heavy (non-hydrogen) atoms. The van der Waals surface area contributed by atoms with E-state index in [0.29, 0.717) is 11.4 Å². The molecule has 2 nitrogen and oxygen atoms in total. The average Bonchev–Trinajstić information content (AvgIpc) is 2.16. The Balaban J connectivity index is 2.03. The Morgan fingerprint density at radius 3 is 2.71 bits per heavy atom. The molecule has 2 unspecified atom stereocenters. The van der Waals surface area contributed by atoms with E-state index in [1.54, 1.807) is 0 Å². The van der Waals surface area contributed by atoms with Gasteiger partial charge in [0.2, 0.25) is 0 Å². The minimum absolute atomic E-state index is 0.257. The zero-order chi connectivity index (χ0) is 10.6. The Morgan fingerprint density at radius 2 is 2.21 bits per heavy atom. The quantitative estimate of drug-likeness (QED) is 0.547. The molecule has 1 fully saturated rings. The van der Waals surface area contributed by atoms with Gasteiger partial charge in [0.05, 0.1) is 0 Å². The molecule has 0 aromatic carbocycles. The lowest BCUT2D eigenvalue weighted by Gasteiger charge is -2.49. The van der Waals surface area contributed by atoms with Gasteiger partial charge in [-0.25, -0.2) is 0 Å². The zero-order valence-corrected chi connectivity index (χ0v) is 10.2. The van der Waals surface area contributed by atoms with Crippen molar-refractivity contribution in [2.75, 3.05) is 19.8 Å². The number of alkyl halides is 1. The van der Waals surface area contributed by atoms with E-state index in [4.69, 9.17) is 16.3 Å². The fraction of sp³-hybridized carbons (Fsp3) is 1.00. The SMILES string of the molecule is CCOCCCNC1CC(Cl)C1(C)C. The highest BCUT2D eigenvalue weighted by molar-refractivity contribution is 6.21. The van der Waals surface area contributed by atoms with Crippen molar-refractivity contribution in [1.82, 2.24) is 5.32 Å². The summed E-state index contributed by atoms with van der Waals surface area (Å²) in [6, 6.07) is 0.589. The fourth-order valence-electron chi connectivity index (χ4n) is 1.81. The fourth-order valence-corrected chi connectivity index (χ4v) is 2.14. The average molecular weight is 220 g/mol. The molecule has 0 spiro atoms. The zero-order valence-electron chi connectivity index (χ0n) is 9.48. The first-order valence-corrected chi connectivity index (χ1v) is 5.98. The molecule has 0 aromatic heterocycles. The molecule has 1 aliphatic carbocycles. The lowest BCUT2D eigenvalue weighted by atomic mass is 9.67. The second-order valence-corrected chi connectivity index (χ2v) is 5.11. The van der Waals surface area contributed by atoms with Crippen LogP contribution in [0.5, 0.6) is 0 Å². The summed E-state index contributed by atoms with van der Waals surface area (Å²) in [5, 5.41) is 3.87. The highest BCUT2D eigenvalue weighted by Crippen LogP contribution is 2.44. The topological polar surface area (TPSA) is 21.3 Å². The van der Waals surface area contributed by atoms with E-state index in [1.165, 1.54) is 0 Å². The van der Waals surface area contributed by atoms with Crippen LogP contribution in [0.4, 0.5) is 0 Å². The smallest absolute Gasteiger partial charge is 0.0477 e. The van der Waals surface area contributed by atoms with Crippen LogP contribution < -0.4 is 5.32 Å². The molecule has 1 saturated carbocycles. The summed E-state index contributed by atoms with van der Waals surface area (Å²) in [5.41, 5.74) is 0.257. The van der Waals surface area contributed by atoms with E-state index in [9.17, 15) is 0 Å². The number of halogens is 1. The maximum atomic E-state index is 6.13. The first-order chi connectivity index (χ1) is 6.59. The van der Waals surface area contributed by atoms with Gasteiger partial charge in [-0.2, -0.15) is 0 Å². The lowest BCUT2D eigenvalue weighted by Crippen LogP contribution is -2.58. The van der Waals surface area contributed by atoms with Gasteiger partial charge in [0.1, 0.15) is 0 Å². The van der Waals surface area contributed by atoms with Crippen LogP contribution in [0.15, 0.2) is 0 Å². The van der Waals surface area contributed by atoms with Gasteiger partial charge in [0.15, 0.2) is 0 Å². The minimum Gasteiger partial charge on any atom is -0.382 e. The largest absolute Gasteiger partial charge is 0.382 e. The molecule has 0 aromatic rings. The van der Waals surface area contributed by atoms with Crippen LogP contribution >= 0.6 is 11.6 Å². The molecule has 1 aliphatic rings. The van der Waals surface area contributed by atoms with Gasteiger partial charge in [0.25, 0.3) is 0 Å². The van der Waals surface area contributed by atoms with Crippen LogP contribution in [-0.4, -0.2) is 31.2 Å². The highest BCUT2D eigenvalue weighted by atomic mass is 35.5. The van der Waals surface area contributed by atoms with Crippen molar-refractivity contribution in [2.24, 2.45) is 5.41 Å². The van der Waals surface area contributed by atoms with Gasteiger partial charge in [-0.1, -0.05) is 13.8 Å². The standard InChI is InChI=1S/C11H22ClNO/c1-4-14-7-5-6-13-10-8-9(12)11(10,2)3/h9-10,13H,4-8H2,1-3H3. The summed E-state index contributed by atoms with van der Waals surface area (Å²) in [6.07, 6.45) is 2.19. The number of rotatable bonds is 6. The van der Waals surface area contributed by atoms with Gasteiger partial charge < -0.3 is 10.1 Å². The van der Waals surface area contributed by atoms with E-state index in [1.807, 2.05) is 6.92 Å². The van der Waals surface area contributed by atoms with Crippen LogP contribution in [0.2, 0.25) is 0 Å². The number of ether oxygens (including phenoxy) is 1. The summed E-state index contributed by atoms with van der Waals surface area (Å²) < 4.78 is 5.27. The van der Waals surface area contributed by atoms with Crippen LogP contribution in [0.1, 0.15) is 33.6 Å². The summed E-state index contributed by atoms with van der Waals surface area (Å²) in [6.45, 7) is 9.21. The van der Waals surface area contributed by atoms with Crippen molar-refractivity contribution in [2.45, 2.75) is 45.0 Å². The molecular weight excluding hydrogens is 198 g/mol. The Labute approximate surface area is 92.3 Å². The normalized spacial score (nSPS) is 30.0. The monoisotopic (exact) mass is 219 g/mol. The van der Waals surface area contributed by atoms with E-state index >= 15 is 0 Å². The Hall–Kier alpha value is 0.210. The van der Waals surface area contributed by atoms with Crippen molar-refractivity contribution in [1.29, 1.82) is 0 Å². The van der Waals surface area contributed by atoms with Gasteiger partial charge in [-0.15, -0.1) is 11.6 Å². The molecule has 0 saturated heterocycles. The third-order valence-electron chi connectivity index (χ3n) is 3.21. The van der Waals surface area contributed by atoms with E-state index < -0.39 is 0 Å². The first-order valence-electron chi connectivity index (χ1n) is 5.54. The minimum atomic E-state index is 0.257. The van der Waals surface area contributed by atoms with Gasteiger partial charge >= 0.3 is 0 Å². The van der Waals surface area contributed by atoms with Gasteiger partial charge in [0, 0.05) is 24.6 Å². The molecule has 84 valence electrons. The summed E-state index contributed by atoms with van der Waals surface area (Å²) >= 11 is 6.13. The maximum Gasteiger partial charge on any atom is 0.0477 e. The van der Waals surface area contributed by atoms with E-state index in [0.717, 1.165) is 32.6 Å². The summed E-state index contributed by atoms with van der Waals surface area (Å²) in [7, 11) is 0. The predicted molar refractivity (Wildman–Crippen MR) is 60.9 cm³/mol. The lowest BCUT2D eigenvalue weighted by molar-refractivity contribution is 0.107. The Morgan fingerprint density at radius 1 is 1.50 bits per heavy atom. The molecule has 0 bridgehead atoms. The molecule has 2 atom stereocenters. The molecule has 3 heteroatoms. The van der Waals surface area contributed by atoms with Gasteiger partial charge in [-0.3, -0.25) is 0 Å².